The Kier molecular flexibility index (Phi) is 4.99. The lowest BCUT2D eigenvalue weighted by atomic mass is 10.2. The number of sulfone groups is 1. The van der Waals surface area contributed by atoms with Crippen molar-refractivity contribution in [1.29, 1.82) is 5.26 Å². The fraction of sp³-hybridized carbons (Fsp3) is 0.500. The molecule has 0 saturated carbocycles. The molecule has 6 heteroatoms. The first kappa shape index (κ1) is 14.8. The topological polar surface area (TPSA) is 76.4 Å². The highest BCUT2D eigenvalue weighted by Gasteiger charge is 2.27. The highest BCUT2D eigenvalue weighted by molar-refractivity contribution is 7.92. The van der Waals surface area contributed by atoms with Crippen LogP contribution in [0.3, 0.4) is 0 Å². The number of hydrogen-bond donors (Lipinski definition) is 0. The maximum Gasteiger partial charge on any atom is 0.156 e. The molecule has 1 fully saturated rings. The molecular weight excluding hydrogens is 278 g/mol. The summed E-state index contributed by atoms with van der Waals surface area (Å²) < 4.78 is 34.8. The van der Waals surface area contributed by atoms with Gasteiger partial charge in [-0.2, -0.15) is 5.26 Å². The van der Waals surface area contributed by atoms with Crippen LogP contribution in [0.15, 0.2) is 24.3 Å². The molecule has 0 bridgehead atoms. The fourth-order valence-electron chi connectivity index (χ4n) is 2.13. The van der Waals surface area contributed by atoms with Crippen molar-refractivity contribution in [2.45, 2.75) is 18.1 Å². The minimum atomic E-state index is -3.14. The lowest BCUT2D eigenvalue weighted by molar-refractivity contribution is 0.0983. The molecule has 0 spiro atoms. The van der Waals surface area contributed by atoms with E-state index in [9.17, 15) is 8.42 Å². The van der Waals surface area contributed by atoms with Gasteiger partial charge in [0.25, 0.3) is 0 Å². The third kappa shape index (κ3) is 3.95. The summed E-state index contributed by atoms with van der Waals surface area (Å²) in [5.74, 6) is 0.514. The molecule has 20 heavy (non-hydrogen) atoms. The van der Waals surface area contributed by atoms with E-state index in [1.165, 1.54) is 0 Å². The lowest BCUT2D eigenvalue weighted by Gasteiger charge is -2.22. The van der Waals surface area contributed by atoms with Crippen LogP contribution in [-0.4, -0.2) is 39.2 Å². The van der Waals surface area contributed by atoms with E-state index < -0.39 is 9.84 Å². The second kappa shape index (κ2) is 6.73. The van der Waals surface area contributed by atoms with Gasteiger partial charge in [-0.05, 0) is 31.0 Å². The van der Waals surface area contributed by atoms with Crippen molar-refractivity contribution in [2.75, 3.05) is 25.6 Å². The molecule has 0 aromatic heterocycles. The molecule has 1 aromatic rings. The SMILES string of the molecule is N#Cc1cccc(OCCS(=O)(=O)C2CCOCC2)c1. The summed E-state index contributed by atoms with van der Waals surface area (Å²) in [7, 11) is -3.14. The van der Waals surface area contributed by atoms with E-state index in [0.717, 1.165) is 0 Å². The average Bonchev–Trinajstić information content (AvgIpc) is 2.48. The Morgan fingerprint density at radius 3 is 2.80 bits per heavy atom. The smallest absolute Gasteiger partial charge is 0.156 e. The highest BCUT2D eigenvalue weighted by atomic mass is 32.2. The molecular formula is C14H17NO4S. The maximum atomic E-state index is 12.1. The van der Waals surface area contributed by atoms with E-state index >= 15 is 0 Å². The molecule has 2 rings (SSSR count). The van der Waals surface area contributed by atoms with E-state index in [4.69, 9.17) is 14.7 Å². The molecule has 108 valence electrons. The number of nitrogens with zero attached hydrogens (tertiary/aromatic N) is 1. The Morgan fingerprint density at radius 1 is 1.35 bits per heavy atom. The Morgan fingerprint density at radius 2 is 2.10 bits per heavy atom. The summed E-state index contributed by atoms with van der Waals surface area (Å²) >= 11 is 0. The standard InChI is InChI=1S/C14H17NO4S/c15-11-12-2-1-3-13(10-12)19-8-9-20(16,17)14-4-6-18-7-5-14/h1-3,10,14H,4-9H2. The summed E-state index contributed by atoms with van der Waals surface area (Å²) in [5.41, 5.74) is 0.495. The van der Waals surface area contributed by atoms with E-state index in [0.29, 0.717) is 37.4 Å². The van der Waals surface area contributed by atoms with E-state index in [1.54, 1.807) is 24.3 Å². The average molecular weight is 295 g/mol. The van der Waals surface area contributed by atoms with Gasteiger partial charge in [0, 0.05) is 13.2 Å². The second-order valence-electron chi connectivity index (χ2n) is 4.67. The first-order chi connectivity index (χ1) is 9.62. The van der Waals surface area contributed by atoms with Crippen molar-refractivity contribution >= 4 is 9.84 Å². The van der Waals surface area contributed by atoms with Gasteiger partial charge in [-0.3, -0.25) is 0 Å². The molecule has 0 atom stereocenters. The predicted molar refractivity (Wildman–Crippen MR) is 74.3 cm³/mol. The third-order valence-corrected chi connectivity index (χ3v) is 5.50. The van der Waals surface area contributed by atoms with Crippen molar-refractivity contribution in [2.24, 2.45) is 0 Å². The van der Waals surface area contributed by atoms with Crippen LogP contribution >= 0.6 is 0 Å². The van der Waals surface area contributed by atoms with Crippen molar-refractivity contribution in [3.63, 3.8) is 0 Å². The second-order valence-corrected chi connectivity index (χ2v) is 7.07. The van der Waals surface area contributed by atoms with Crippen LogP contribution in [0.5, 0.6) is 5.75 Å². The fourth-order valence-corrected chi connectivity index (χ4v) is 3.69. The Bertz CT molecular complexity index is 585. The number of benzene rings is 1. The molecule has 0 N–H and O–H groups in total. The summed E-state index contributed by atoms with van der Waals surface area (Å²) in [6.07, 6.45) is 1.12. The van der Waals surface area contributed by atoms with Crippen LogP contribution in [0, 0.1) is 11.3 Å². The third-order valence-electron chi connectivity index (χ3n) is 3.28. The maximum absolute atomic E-state index is 12.1. The Labute approximate surface area is 119 Å². The summed E-state index contributed by atoms with van der Waals surface area (Å²) in [6, 6.07) is 8.70. The van der Waals surface area contributed by atoms with Gasteiger partial charge >= 0.3 is 0 Å². The molecule has 1 heterocycles. The van der Waals surface area contributed by atoms with Crippen molar-refractivity contribution in [3.05, 3.63) is 29.8 Å². The van der Waals surface area contributed by atoms with Crippen molar-refractivity contribution in [3.8, 4) is 11.8 Å². The normalized spacial score (nSPS) is 16.6. The Hall–Kier alpha value is -1.58. The first-order valence-corrected chi connectivity index (χ1v) is 8.25. The lowest BCUT2D eigenvalue weighted by Crippen LogP contribution is -2.32. The van der Waals surface area contributed by atoms with Gasteiger partial charge in [-0.15, -0.1) is 0 Å². The van der Waals surface area contributed by atoms with Crippen molar-refractivity contribution in [1.82, 2.24) is 0 Å². The molecule has 0 unspecified atom stereocenters. The molecule has 1 aliphatic rings. The van der Waals surface area contributed by atoms with Crippen LogP contribution in [0.4, 0.5) is 0 Å². The van der Waals surface area contributed by atoms with Crippen LogP contribution in [0.25, 0.3) is 0 Å². The van der Waals surface area contributed by atoms with E-state index in [2.05, 4.69) is 0 Å². The zero-order chi connectivity index (χ0) is 14.4. The predicted octanol–water partition coefficient (Wildman–Crippen LogP) is 1.53. The van der Waals surface area contributed by atoms with Gasteiger partial charge < -0.3 is 9.47 Å². The number of ether oxygens (including phenoxy) is 2. The summed E-state index contributed by atoms with van der Waals surface area (Å²) in [4.78, 5) is 0. The van der Waals surface area contributed by atoms with Gasteiger partial charge in [-0.25, -0.2) is 8.42 Å². The molecule has 0 radical (unpaired) electrons. The number of hydrogen-bond acceptors (Lipinski definition) is 5. The minimum absolute atomic E-state index is 0.00551. The van der Waals surface area contributed by atoms with Gasteiger partial charge in [0.2, 0.25) is 0 Å². The zero-order valence-corrected chi connectivity index (χ0v) is 11.9. The molecule has 1 aliphatic heterocycles. The monoisotopic (exact) mass is 295 g/mol. The molecule has 5 nitrogen and oxygen atoms in total. The number of rotatable bonds is 5. The summed E-state index contributed by atoms with van der Waals surface area (Å²) in [5, 5.41) is 8.46. The quantitative estimate of drug-likeness (QED) is 0.823. The largest absolute Gasteiger partial charge is 0.492 e. The molecule has 1 saturated heterocycles. The van der Waals surface area contributed by atoms with Crippen LogP contribution in [0.1, 0.15) is 18.4 Å². The van der Waals surface area contributed by atoms with Crippen LogP contribution < -0.4 is 4.74 Å². The van der Waals surface area contributed by atoms with Gasteiger partial charge in [0.1, 0.15) is 12.4 Å². The van der Waals surface area contributed by atoms with Gasteiger partial charge in [-0.1, -0.05) is 6.07 Å². The van der Waals surface area contributed by atoms with Gasteiger partial charge in [0.15, 0.2) is 9.84 Å². The minimum Gasteiger partial charge on any atom is -0.492 e. The molecule has 0 amide bonds. The van der Waals surface area contributed by atoms with E-state index in [-0.39, 0.29) is 17.6 Å². The zero-order valence-electron chi connectivity index (χ0n) is 11.1. The molecule has 1 aromatic carbocycles. The highest BCUT2D eigenvalue weighted by Crippen LogP contribution is 2.17. The van der Waals surface area contributed by atoms with Crippen LogP contribution in [-0.2, 0) is 14.6 Å². The Balaban J connectivity index is 1.87. The van der Waals surface area contributed by atoms with Gasteiger partial charge in [0.05, 0.1) is 22.6 Å². The van der Waals surface area contributed by atoms with Crippen molar-refractivity contribution < 1.29 is 17.9 Å². The molecule has 0 aliphatic carbocycles. The van der Waals surface area contributed by atoms with E-state index in [1.807, 2.05) is 6.07 Å². The first-order valence-electron chi connectivity index (χ1n) is 6.54. The summed E-state index contributed by atoms with van der Waals surface area (Å²) in [6.45, 7) is 1.12. The van der Waals surface area contributed by atoms with Crippen LogP contribution in [0.2, 0.25) is 0 Å². The number of nitriles is 1.